The third-order valence-electron chi connectivity index (χ3n) is 3.46. The fourth-order valence-electron chi connectivity index (χ4n) is 2.33. The first kappa shape index (κ1) is 23.7. The molecule has 2 aromatic rings. The third-order valence-corrected chi connectivity index (χ3v) is 4.37. The Hall–Kier alpha value is -2.61. The van der Waals surface area contributed by atoms with Crippen LogP contribution in [0.4, 0.5) is 26.3 Å². The predicted octanol–water partition coefficient (Wildman–Crippen LogP) is 3.29. The van der Waals surface area contributed by atoms with Crippen LogP contribution in [0.3, 0.4) is 0 Å². The van der Waals surface area contributed by atoms with Crippen molar-refractivity contribution in [3.05, 3.63) is 29.3 Å². The molecule has 1 aromatic carbocycles. The van der Waals surface area contributed by atoms with Crippen LogP contribution in [-0.4, -0.2) is 44.0 Å². The molecule has 30 heavy (non-hydrogen) atoms. The second kappa shape index (κ2) is 8.26. The molecule has 0 aliphatic rings. The molecule has 0 atom stereocenters. The zero-order valence-electron chi connectivity index (χ0n) is 15.4. The standard InChI is InChI=1S/C16H15F6N3O4S/c1-8-3-4-10(9(2)5-8)12-24-13(28-6-15(17,18)19)11(30(23,26)27)14(25-12)29-7-16(20,21)22/h3-5H,6-7H2,1-2H3,(H2,23,26,27). The molecular weight excluding hydrogens is 444 g/mol. The van der Waals surface area contributed by atoms with Gasteiger partial charge in [0.25, 0.3) is 0 Å². The van der Waals surface area contributed by atoms with Gasteiger partial charge in [0.2, 0.25) is 26.7 Å². The Kier molecular flexibility index (Phi) is 6.51. The van der Waals surface area contributed by atoms with Crippen molar-refractivity contribution in [1.29, 1.82) is 0 Å². The fourth-order valence-corrected chi connectivity index (χ4v) is 3.03. The number of halogens is 6. The van der Waals surface area contributed by atoms with E-state index in [0.717, 1.165) is 5.56 Å². The van der Waals surface area contributed by atoms with Gasteiger partial charge in [-0.15, -0.1) is 0 Å². The quantitative estimate of drug-likeness (QED) is 0.665. The fraction of sp³-hybridized carbons (Fsp3) is 0.375. The molecule has 0 amide bonds. The van der Waals surface area contributed by atoms with Crippen molar-refractivity contribution < 1.29 is 44.2 Å². The number of hydrogen-bond acceptors (Lipinski definition) is 6. The van der Waals surface area contributed by atoms with Gasteiger partial charge in [-0.2, -0.15) is 36.3 Å². The normalized spacial score (nSPS) is 12.7. The molecule has 0 aliphatic carbocycles. The Morgan fingerprint density at radius 3 is 1.77 bits per heavy atom. The van der Waals surface area contributed by atoms with Gasteiger partial charge in [0.1, 0.15) is 0 Å². The summed E-state index contributed by atoms with van der Waals surface area (Å²) < 4.78 is 108. The molecule has 14 heteroatoms. The van der Waals surface area contributed by atoms with Crippen LogP contribution in [0.5, 0.6) is 11.8 Å². The minimum absolute atomic E-state index is 0.204. The van der Waals surface area contributed by atoms with Gasteiger partial charge in [-0.05, 0) is 19.4 Å². The van der Waals surface area contributed by atoms with Gasteiger partial charge >= 0.3 is 12.4 Å². The summed E-state index contributed by atoms with van der Waals surface area (Å²) in [5, 5.41) is 4.95. The number of aromatic nitrogens is 2. The molecule has 0 spiro atoms. The molecule has 0 unspecified atom stereocenters. The van der Waals surface area contributed by atoms with Crippen LogP contribution < -0.4 is 14.6 Å². The van der Waals surface area contributed by atoms with Gasteiger partial charge in [0.15, 0.2) is 19.0 Å². The summed E-state index contributed by atoms with van der Waals surface area (Å²) in [6.07, 6.45) is -9.79. The Morgan fingerprint density at radius 2 is 1.40 bits per heavy atom. The highest BCUT2D eigenvalue weighted by Crippen LogP contribution is 2.35. The zero-order chi connectivity index (χ0) is 22.9. The summed E-state index contributed by atoms with van der Waals surface area (Å²) >= 11 is 0. The lowest BCUT2D eigenvalue weighted by Crippen LogP contribution is -2.25. The zero-order valence-corrected chi connectivity index (χ0v) is 16.2. The molecule has 1 aromatic heterocycles. The smallest absolute Gasteiger partial charge is 0.422 e. The number of aryl methyl sites for hydroxylation is 2. The van der Waals surface area contributed by atoms with Gasteiger partial charge in [-0.1, -0.05) is 23.8 Å². The minimum atomic E-state index is -4.92. The number of benzene rings is 1. The van der Waals surface area contributed by atoms with Gasteiger partial charge < -0.3 is 9.47 Å². The Morgan fingerprint density at radius 1 is 0.933 bits per heavy atom. The number of primary sulfonamides is 1. The summed E-state index contributed by atoms with van der Waals surface area (Å²) in [6, 6.07) is 4.70. The summed E-state index contributed by atoms with van der Waals surface area (Å²) in [5.41, 5.74) is 1.52. The van der Waals surface area contributed by atoms with Crippen LogP contribution in [0.25, 0.3) is 11.4 Å². The van der Waals surface area contributed by atoms with Crippen molar-refractivity contribution in [3.63, 3.8) is 0 Å². The maximum absolute atomic E-state index is 12.6. The van der Waals surface area contributed by atoms with Crippen LogP contribution >= 0.6 is 0 Å². The molecule has 0 saturated carbocycles. The van der Waals surface area contributed by atoms with E-state index in [1.807, 2.05) is 0 Å². The number of ether oxygens (including phenoxy) is 2. The van der Waals surface area contributed by atoms with E-state index < -0.39 is 58.1 Å². The maximum atomic E-state index is 12.6. The summed E-state index contributed by atoms with van der Waals surface area (Å²) in [4.78, 5) is 5.98. The molecule has 0 bridgehead atoms. The first-order valence-corrected chi connectivity index (χ1v) is 9.53. The van der Waals surface area contributed by atoms with Crippen LogP contribution in [0.1, 0.15) is 11.1 Å². The number of nitrogens with two attached hydrogens (primary N) is 1. The first-order valence-electron chi connectivity index (χ1n) is 7.98. The second-order valence-electron chi connectivity index (χ2n) is 6.16. The van der Waals surface area contributed by atoms with E-state index in [9.17, 15) is 34.8 Å². The van der Waals surface area contributed by atoms with E-state index in [4.69, 9.17) is 5.14 Å². The predicted molar refractivity (Wildman–Crippen MR) is 91.4 cm³/mol. The van der Waals surface area contributed by atoms with Crippen molar-refractivity contribution in [2.45, 2.75) is 31.1 Å². The number of rotatable bonds is 6. The van der Waals surface area contributed by atoms with Crippen molar-refractivity contribution in [1.82, 2.24) is 9.97 Å². The lowest BCUT2D eigenvalue weighted by molar-refractivity contribution is -0.155. The summed E-state index contributed by atoms with van der Waals surface area (Å²) in [6.45, 7) is -0.613. The second-order valence-corrected chi connectivity index (χ2v) is 7.66. The van der Waals surface area contributed by atoms with Crippen LogP contribution in [0, 0.1) is 13.8 Å². The molecule has 0 radical (unpaired) electrons. The van der Waals surface area contributed by atoms with Crippen LogP contribution in [-0.2, 0) is 10.0 Å². The molecule has 0 aliphatic heterocycles. The van der Waals surface area contributed by atoms with Gasteiger partial charge in [0, 0.05) is 5.56 Å². The van der Waals surface area contributed by atoms with Gasteiger partial charge in [0.05, 0.1) is 0 Å². The van der Waals surface area contributed by atoms with E-state index in [0.29, 0.717) is 5.56 Å². The topological polar surface area (TPSA) is 104 Å². The molecule has 0 fully saturated rings. The molecule has 2 rings (SSSR count). The summed E-state index contributed by atoms with van der Waals surface area (Å²) in [7, 11) is -4.92. The maximum Gasteiger partial charge on any atom is 0.422 e. The lowest BCUT2D eigenvalue weighted by atomic mass is 10.1. The Labute approximate surface area is 166 Å². The lowest BCUT2D eigenvalue weighted by Gasteiger charge is -2.17. The highest BCUT2D eigenvalue weighted by Gasteiger charge is 2.35. The summed E-state index contributed by atoms with van der Waals surface area (Å²) in [5.74, 6) is -2.77. The number of nitrogens with zero attached hydrogens (tertiary/aromatic N) is 2. The monoisotopic (exact) mass is 459 g/mol. The van der Waals surface area contributed by atoms with Gasteiger partial charge in [-0.25, -0.2) is 13.6 Å². The van der Waals surface area contributed by atoms with Crippen LogP contribution in [0.2, 0.25) is 0 Å². The van der Waals surface area contributed by atoms with E-state index >= 15 is 0 Å². The van der Waals surface area contributed by atoms with E-state index in [-0.39, 0.29) is 5.56 Å². The SMILES string of the molecule is Cc1ccc(-c2nc(OCC(F)(F)F)c(S(N)(=O)=O)c(OCC(F)(F)F)n2)c(C)c1. The largest absolute Gasteiger partial charge is 0.467 e. The average molecular weight is 459 g/mol. The molecule has 2 N–H and O–H groups in total. The van der Waals surface area contributed by atoms with E-state index in [1.165, 1.54) is 6.07 Å². The molecule has 7 nitrogen and oxygen atoms in total. The highest BCUT2D eigenvalue weighted by atomic mass is 32.2. The number of hydrogen-bond donors (Lipinski definition) is 1. The van der Waals surface area contributed by atoms with Crippen LogP contribution in [0.15, 0.2) is 23.1 Å². The van der Waals surface area contributed by atoms with Gasteiger partial charge in [-0.3, -0.25) is 0 Å². The average Bonchev–Trinajstić information content (AvgIpc) is 2.55. The number of alkyl halides is 6. The van der Waals surface area contributed by atoms with Crippen molar-refractivity contribution in [2.75, 3.05) is 13.2 Å². The van der Waals surface area contributed by atoms with E-state index in [1.54, 1.807) is 26.0 Å². The molecule has 0 saturated heterocycles. The third kappa shape index (κ3) is 6.45. The highest BCUT2D eigenvalue weighted by molar-refractivity contribution is 7.89. The first-order chi connectivity index (χ1) is 13.6. The molecular formula is C16H15F6N3O4S. The minimum Gasteiger partial charge on any atom is -0.467 e. The number of sulfonamides is 1. The van der Waals surface area contributed by atoms with Crippen molar-refractivity contribution in [2.24, 2.45) is 5.14 Å². The molecule has 1 heterocycles. The molecule has 166 valence electrons. The Balaban J connectivity index is 2.72. The van der Waals surface area contributed by atoms with E-state index in [2.05, 4.69) is 19.4 Å². The van der Waals surface area contributed by atoms with Crippen molar-refractivity contribution in [3.8, 4) is 23.1 Å². The van der Waals surface area contributed by atoms with Crippen molar-refractivity contribution >= 4 is 10.0 Å². The Bertz CT molecular complexity index is 999.